The molecule has 1 N–H and O–H groups in total. The molecule has 2 aromatic carbocycles. The van der Waals surface area contributed by atoms with E-state index in [-0.39, 0.29) is 23.3 Å². The van der Waals surface area contributed by atoms with Gasteiger partial charge in [-0.05, 0) is 78.9 Å². The smallest absolute Gasteiger partial charge is 0.335 e. The Morgan fingerprint density at radius 3 is 2.53 bits per heavy atom. The van der Waals surface area contributed by atoms with Crippen molar-refractivity contribution in [2.45, 2.75) is 45.6 Å². The number of benzene rings is 2. The number of imide groups is 1. The van der Waals surface area contributed by atoms with Crippen molar-refractivity contribution in [2.24, 2.45) is 5.92 Å². The lowest BCUT2D eigenvalue weighted by atomic mass is 9.89. The Morgan fingerprint density at radius 2 is 1.86 bits per heavy atom. The van der Waals surface area contributed by atoms with Gasteiger partial charge in [-0.25, -0.2) is 4.79 Å². The van der Waals surface area contributed by atoms with E-state index in [1.54, 1.807) is 30.3 Å². The minimum atomic E-state index is -0.994. The Kier molecular flexibility index (Phi) is 8.59. The minimum absolute atomic E-state index is 0.166. The molecule has 0 spiro atoms. The summed E-state index contributed by atoms with van der Waals surface area (Å²) in [7, 11) is 0. The van der Waals surface area contributed by atoms with E-state index in [9.17, 15) is 14.4 Å². The summed E-state index contributed by atoms with van der Waals surface area (Å²) in [5.41, 5.74) is 1.60. The number of ether oxygens (including phenoxy) is 2. The van der Waals surface area contributed by atoms with Crippen LogP contribution in [0.4, 0.5) is 4.79 Å². The number of amides is 2. The van der Waals surface area contributed by atoms with Gasteiger partial charge in [0.1, 0.15) is 6.61 Å². The van der Waals surface area contributed by atoms with E-state index in [1.807, 2.05) is 6.92 Å². The number of thioether (sulfide) groups is 1. The first-order chi connectivity index (χ1) is 17.4. The summed E-state index contributed by atoms with van der Waals surface area (Å²) in [5, 5.41) is 9.12. The maximum absolute atomic E-state index is 13.0. The number of hydrogen-bond donors (Lipinski definition) is 1. The molecule has 2 fully saturated rings. The molecule has 1 aliphatic carbocycles. The second-order valence-corrected chi connectivity index (χ2v) is 10.3. The lowest BCUT2D eigenvalue weighted by molar-refractivity contribution is -0.123. The maximum atomic E-state index is 13.0. The molecule has 2 aliphatic rings. The van der Waals surface area contributed by atoms with Crippen LogP contribution in [0.2, 0.25) is 5.02 Å². The van der Waals surface area contributed by atoms with Crippen molar-refractivity contribution < 1.29 is 29.0 Å². The largest absolute Gasteiger partial charge is 0.490 e. The summed E-state index contributed by atoms with van der Waals surface area (Å²) in [6.45, 7) is 2.86. The zero-order valence-corrected chi connectivity index (χ0v) is 21.6. The third-order valence-corrected chi connectivity index (χ3v) is 7.44. The molecule has 2 amide bonds. The summed E-state index contributed by atoms with van der Waals surface area (Å²) < 4.78 is 11.7. The van der Waals surface area contributed by atoms with E-state index >= 15 is 0 Å². The van der Waals surface area contributed by atoms with Crippen LogP contribution in [0.25, 0.3) is 6.08 Å². The van der Waals surface area contributed by atoms with Crippen molar-refractivity contribution in [2.75, 3.05) is 13.2 Å². The van der Waals surface area contributed by atoms with Gasteiger partial charge in [0.2, 0.25) is 0 Å². The SMILES string of the molecule is CCOc1cc(/C=C2/SC(=O)N(CC3CCCCC3)C2=O)cc(Cl)c1OCc1ccc(C(=O)O)cc1. The summed E-state index contributed by atoms with van der Waals surface area (Å²) in [6, 6.07) is 9.77. The average molecular weight is 530 g/mol. The van der Waals surface area contributed by atoms with Crippen LogP contribution in [0.15, 0.2) is 41.3 Å². The molecule has 9 heteroatoms. The Bertz CT molecular complexity index is 1170. The third kappa shape index (κ3) is 6.23. The highest BCUT2D eigenvalue weighted by Crippen LogP contribution is 2.40. The monoisotopic (exact) mass is 529 g/mol. The quantitative estimate of drug-likeness (QED) is 0.364. The summed E-state index contributed by atoms with van der Waals surface area (Å²) in [6.07, 6.45) is 7.29. The average Bonchev–Trinajstić information content (AvgIpc) is 3.12. The van der Waals surface area contributed by atoms with Crippen molar-refractivity contribution in [3.63, 3.8) is 0 Å². The number of carbonyl (C=O) groups is 3. The lowest BCUT2D eigenvalue weighted by Gasteiger charge is -2.25. The fourth-order valence-corrected chi connectivity index (χ4v) is 5.53. The van der Waals surface area contributed by atoms with E-state index in [0.717, 1.165) is 43.0 Å². The molecular weight excluding hydrogens is 502 g/mol. The number of carbonyl (C=O) groups excluding carboxylic acids is 2. The van der Waals surface area contributed by atoms with Crippen molar-refractivity contribution >= 4 is 46.6 Å². The van der Waals surface area contributed by atoms with E-state index in [4.69, 9.17) is 26.2 Å². The molecule has 2 aromatic rings. The van der Waals surface area contributed by atoms with E-state index in [1.165, 1.54) is 23.5 Å². The van der Waals surface area contributed by atoms with E-state index < -0.39 is 5.97 Å². The van der Waals surface area contributed by atoms with Crippen LogP contribution >= 0.6 is 23.4 Å². The molecule has 0 aromatic heterocycles. The Balaban J connectivity index is 1.50. The third-order valence-electron chi connectivity index (χ3n) is 6.25. The van der Waals surface area contributed by atoms with Gasteiger partial charge in [0.15, 0.2) is 11.5 Å². The Labute approximate surface area is 219 Å². The molecule has 190 valence electrons. The number of hydrogen-bond acceptors (Lipinski definition) is 6. The van der Waals surface area contributed by atoms with Gasteiger partial charge in [-0.1, -0.05) is 43.0 Å². The predicted molar refractivity (Wildman–Crippen MR) is 140 cm³/mol. The molecule has 4 rings (SSSR count). The minimum Gasteiger partial charge on any atom is -0.490 e. The maximum Gasteiger partial charge on any atom is 0.335 e. The second-order valence-electron chi connectivity index (χ2n) is 8.85. The van der Waals surface area contributed by atoms with Gasteiger partial charge in [0, 0.05) is 6.54 Å². The van der Waals surface area contributed by atoms with Crippen LogP contribution in [-0.2, 0) is 11.4 Å². The zero-order valence-electron chi connectivity index (χ0n) is 20.0. The van der Waals surface area contributed by atoms with Gasteiger partial charge in [-0.2, -0.15) is 0 Å². The van der Waals surface area contributed by atoms with Gasteiger partial charge < -0.3 is 14.6 Å². The zero-order chi connectivity index (χ0) is 25.7. The lowest BCUT2D eigenvalue weighted by Crippen LogP contribution is -2.34. The predicted octanol–water partition coefficient (Wildman–Crippen LogP) is 6.63. The van der Waals surface area contributed by atoms with Crippen LogP contribution in [0.3, 0.4) is 0 Å². The highest BCUT2D eigenvalue weighted by Gasteiger charge is 2.36. The van der Waals surface area contributed by atoms with Crippen molar-refractivity contribution in [1.82, 2.24) is 4.90 Å². The normalized spacial score (nSPS) is 17.6. The summed E-state index contributed by atoms with van der Waals surface area (Å²) >= 11 is 7.48. The molecule has 1 saturated carbocycles. The number of aromatic carboxylic acids is 1. The molecule has 1 saturated heterocycles. The molecule has 1 heterocycles. The molecule has 0 atom stereocenters. The highest BCUT2D eigenvalue weighted by molar-refractivity contribution is 8.18. The van der Waals surface area contributed by atoms with Crippen LogP contribution in [-0.4, -0.2) is 40.3 Å². The van der Waals surface area contributed by atoms with Crippen molar-refractivity contribution in [3.8, 4) is 11.5 Å². The Morgan fingerprint density at radius 1 is 1.14 bits per heavy atom. The molecular formula is C27H28ClNO6S. The molecule has 7 nitrogen and oxygen atoms in total. The fourth-order valence-electron chi connectivity index (χ4n) is 4.41. The number of rotatable bonds is 9. The molecule has 0 bridgehead atoms. The number of carboxylic acid groups (broad SMARTS) is 1. The molecule has 0 radical (unpaired) electrons. The van der Waals surface area contributed by atoms with Crippen LogP contribution < -0.4 is 9.47 Å². The van der Waals surface area contributed by atoms with Crippen LogP contribution in [0.1, 0.15) is 60.5 Å². The number of halogens is 1. The van der Waals surface area contributed by atoms with Crippen LogP contribution in [0.5, 0.6) is 11.5 Å². The first-order valence-corrected chi connectivity index (χ1v) is 13.2. The molecule has 36 heavy (non-hydrogen) atoms. The van der Waals surface area contributed by atoms with E-state index in [2.05, 4.69) is 0 Å². The van der Waals surface area contributed by atoms with Gasteiger partial charge in [0.25, 0.3) is 11.1 Å². The van der Waals surface area contributed by atoms with E-state index in [0.29, 0.717) is 46.1 Å². The van der Waals surface area contributed by atoms with Gasteiger partial charge in [-0.3, -0.25) is 14.5 Å². The number of carboxylic acids is 1. The van der Waals surface area contributed by atoms with Crippen molar-refractivity contribution in [3.05, 3.63) is 63.0 Å². The highest BCUT2D eigenvalue weighted by atomic mass is 35.5. The molecule has 1 aliphatic heterocycles. The first-order valence-electron chi connectivity index (χ1n) is 12.0. The van der Waals surface area contributed by atoms with Crippen LogP contribution in [0, 0.1) is 5.92 Å². The Hall–Kier alpha value is -2.97. The summed E-state index contributed by atoms with van der Waals surface area (Å²) in [5.74, 6) is -0.119. The van der Waals surface area contributed by atoms with Gasteiger partial charge in [0.05, 0.1) is 22.1 Å². The van der Waals surface area contributed by atoms with Crippen molar-refractivity contribution in [1.29, 1.82) is 0 Å². The van der Waals surface area contributed by atoms with Gasteiger partial charge in [-0.15, -0.1) is 0 Å². The molecule has 0 unspecified atom stereocenters. The fraction of sp³-hybridized carbons (Fsp3) is 0.370. The summed E-state index contributed by atoms with van der Waals surface area (Å²) in [4.78, 5) is 38.3. The standard InChI is InChI=1S/C27H28ClNO6S/c1-2-34-22-13-19(12-21(28)24(22)35-16-18-8-10-20(11-9-18)26(31)32)14-23-25(30)29(27(33)36-23)15-17-6-4-3-5-7-17/h8-14,17H,2-7,15-16H2,1H3,(H,31,32)/b23-14+. The van der Waals surface area contributed by atoms with Gasteiger partial charge >= 0.3 is 5.97 Å². The second kappa shape index (κ2) is 11.8. The first kappa shape index (κ1) is 26.1. The number of nitrogens with zero attached hydrogens (tertiary/aromatic N) is 1. The topological polar surface area (TPSA) is 93.1 Å².